The van der Waals surface area contributed by atoms with E-state index in [-0.39, 0.29) is 18.4 Å². The van der Waals surface area contributed by atoms with Gasteiger partial charge in [0.15, 0.2) is 0 Å². The summed E-state index contributed by atoms with van der Waals surface area (Å²) >= 11 is 1.51. The standard InChI is InChI=1S/C19H23N3O3S/c1-14-3-5-15(6-4-14)11-17-20-16(13-26-17)19(24)22-9-7-21(8-10-22)18(23)12-25-2/h3-6,13H,7-12H2,1-2H3. The second kappa shape index (κ2) is 8.42. The molecule has 0 saturated carbocycles. The third kappa shape index (κ3) is 4.47. The van der Waals surface area contributed by atoms with Crippen LogP contribution in [0.3, 0.4) is 0 Å². The Kier molecular flexibility index (Phi) is 6.00. The number of thiazole rings is 1. The van der Waals surface area contributed by atoms with Crippen LogP contribution in [0, 0.1) is 6.92 Å². The van der Waals surface area contributed by atoms with E-state index in [0.29, 0.717) is 31.9 Å². The normalized spacial score (nSPS) is 14.5. The summed E-state index contributed by atoms with van der Waals surface area (Å²) in [5.74, 6) is -0.0936. The maximum atomic E-state index is 12.7. The van der Waals surface area contributed by atoms with Crippen LogP contribution in [-0.2, 0) is 16.0 Å². The number of benzene rings is 1. The van der Waals surface area contributed by atoms with E-state index in [4.69, 9.17) is 4.74 Å². The van der Waals surface area contributed by atoms with Crippen LogP contribution in [0.4, 0.5) is 0 Å². The molecule has 7 heteroatoms. The van der Waals surface area contributed by atoms with Crippen molar-refractivity contribution in [2.45, 2.75) is 13.3 Å². The smallest absolute Gasteiger partial charge is 0.273 e. The fourth-order valence-electron chi connectivity index (χ4n) is 2.91. The third-order valence-electron chi connectivity index (χ3n) is 4.43. The Labute approximate surface area is 157 Å². The summed E-state index contributed by atoms with van der Waals surface area (Å²) in [6.45, 7) is 4.27. The molecule has 0 atom stereocenters. The number of amides is 2. The molecule has 0 unspecified atom stereocenters. The highest BCUT2D eigenvalue weighted by molar-refractivity contribution is 7.09. The average Bonchev–Trinajstić information content (AvgIpc) is 3.12. The van der Waals surface area contributed by atoms with Gasteiger partial charge in [0, 0.05) is 45.1 Å². The van der Waals surface area contributed by atoms with Gasteiger partial charge in [-0.2, -0.15) is 0 Å². The molecular formula is C19H23N3O3S. The van der Waals surface area contributed by atoms with Crippen molar-refractivity contribution in [2.24, 2.45) is 0 Å². The number of piperazine rings is 1. The summed E-state index contributed by atoms with van der Waals surface area (Å²) in [5, 5.41) is 2.76. The summed E-state index contributed by atoms with van der Waals surface area (Å²) in [4.78, 5) is 32.5. The van der Waals surface area contributed by atoms with E-state index in [2.05, 4.69) is 36.2 Å². The van der Waals surface area contributed by atoms with Gasteiger partial charge in [0.2, 0.25) is 5.91 Å². The molecule has 26 heavy (non-hydrogen) atoms. The van der Waals surface area contributed by atoms with Crippen molar-refractivity contribution in [3.8, 4) is 0 Å². The number of aryl methyl sites for hydroxylation is 1. The number of aromatic nitrogens is 1. The van der Waals surface area contributed by atoms with Gasteiger partial charge < -0.3 is 14.5 Å². The Bertz CT molecular complexity index is 765. The molecule has 0 N–H and O–H groups in total. The summed E-state index contributed by atoms with van der Waals surface area (Å²) in [6, 6.07) is 8.35. The van der Waals surface area contributed by atoms with Crippen molar-refractivity contribution >= 4 is 23.2 Å². The number of hydrogen-bond donors (Lipinski definition) is 0. The van der Waals surface area contributed by atoms with Crippen LogP contribution in [0.2, 0.25) is 0 Å². The Hall–Kier alpha value is -2.25. The van der Waals surface area contributed by atoms with Crippen LogP contribution in [0.15, 0.2) is 29.6 Å². The van der Waals surface area contributed by atoms with Crippen LogP contribution in [-0.4, -0.2) is 66.5 Å². The number of hydrogen-bond acceptors (Lipinski definition) is 5. The highest BCUT2D eigenvalue weighted by Crippen LogP contribution is 2.17. The van der Waals surface area contributed by atoms with Gasteiger partial charge in [-0.15, -0.1) is 11.3 Å². The molecule has 2 heterocycles. The Morgan fingerprint density at radius 3 is 2.42 bits per heavy atom. The van der Waals surface area contributed by atoms with Gasteiger partial charge in [-0.3, -0.25) is 9.59 Å². The molecule has 0 bridgehead atoms. The van der Waals surface area contributed by atoms with Gasteiger partial charge in [0.1, 0.15) is 12.3 Å². The largest absolute Gasteiger partial charge is 0.375 e. The van der Waals surface area contributed by atoms with Crippen molar-refractivity contribution in [1.82, 2.24) is 14.8 Å². The molecule has 3 rings (SSSR count). The minimum atomic E-state index is -0.0600. The van der Waals surface area contributed by atoms with Gasteiger partial charge in [0.05, 0.1) is 5.01 Å². The van der Waals surface area contributed by atoms with Crippen molar-refractivity contribution in [3.05, 3.63) is 51.5 Å². The molecule has 0 spiro atoms. The third-order valence-corrected chi connectivity index (χ3v) is 5.28. The molecular weight excluding hydrogens is 350 g/mol. The van der Waals surface area contributed by atoms with E-state index in [1.54, 1.807) is 9.80 Å². The molecule has 138 valence electrons. The van der Waals surface area contributed by atoms with Crippen molar-refractivity contribution in [2.75, 3.05) is 39.9 Å². The second-order valence-corrected chi connectivity index (χ2v) is 7.34. The van der Waals surface area contributed by atoms with Crippen molar-refractivity contribution in [1.29, 1.82) is 0 Å². The van der Waals surface area contributed by atoms with Crippen LogP contribution in [0.1, 0.15) is 26.6 Å². The van der Waals surface area contributed by atoms with Gasteiger partial charge in [-0.25, -0.2) is 4.98 Å². The number of methoxy groups -OCH3 is 1. The maximum Gasteiger partial charge on any atom is 0.273 e. The first-order valence-electron chi connectivity index (χ1n) is 8.63. The first kappa shape index (κ1) is 18.5. The molecule has 0 aliphatic carbocycles. The molecule has 1 aliphatic rings. The van der Waals surface area contributed by atoms with Crippen molar-refractivity contribution < 1.29 is 14.3 Å². The van der Waals surface area contributed by atoms with E-state index in [1.165, 1.54) is 29.6 Å². The lowest BCUT2D eigenvalue weighted by Crippen LogP contribution is -2.51. The highest BCUT2D eigenvalue weighted by atomic mass is 32.1. The highest BCUT2D eigenvalue weighted by Gasteiger charge is 2.25. The van der Waals surface area contributed by atoms with E-state index in [0.717, 1.165) is 11.4 Å². The summed E-state index contributed by atoms with van der Waals surface area (Å²) in [5.41, 5.74) is 2.91. The van der Waals surface area contributed by atoms with E-state index in [9.17, 15) is 9.59 Å². The van der Waals surface area contributed by atoms with Gasteiger partial charge in [0.25, 0.3) is 5.91 Å². The van der Waals surface area contributed by atoms with Crippen LogP contribution in [0.25, 0.3) is 0 Å². The summed E-state index contributed by atoms with van der Waals surface area (Å²) < 4.78 is 4.88. The molecule has 1 saturated heterocycles. The molecule has 6 nitrogen and oxygen atoms in total. The topological polar surface area (TPSA) is 62.7 Å². The predicted octanol–water partition coefficient (Wildman–Crippen LogP) is 1.97. The second-order valence-electron chi connectivity index (χ2n) is 6.39. The quantitative estimate of drug-likeness (QED) is 0.804. The maximum absolute atomic E-state index is 12.7. The van der Waals surface area contributed by atoms with Crippen LogP contribution < -0.4 is 0 Å². The zero-order valence-electron chi connectivity index (χ0n) is 15.1. The number of rotatable bonds is 5. The number of nitrogens with zero attached hydrogens (tertiary/aromatic N) is 3. The minimum absolute atomic E-state index is 0.0337. The number of ether oxygens (including phenoxy) is 1. The first-order chi connectivity index (χ1) is 12.6. The SMILES string of the molecule is COCC(=O)N1CCN(C(=O)c2csc(Cc3ccc(C)cc3)n2)CC1. The van der Waals surface area contributed by atoms with E-state index >= 15 is 0 Å². The van der Waals surface area contributed by atoms with E-state index < -0.39 is 0 Å². The van der Waals surface area contributed by atoms with Crippen LogP contribution in [0.5, 0.6) is 0 Å². The fourth-order valence-corrected chi connectivity index (χ4v) is 3.71. The zero-order chi connectivity index (χ0) is 18.5. The Morgan fingerprint density at radius 1 is 1.12 bits per heavy atom. The predicted molar refractivity (Wildman–Crippen MR) is 100 cm³/mol. The van der Waals surface area contributed by atoms with E-state index in [1.807, 2.05) is 5.38 Å². The molecule has 0 radical (unpaired) electrons. The van der Waals surface area contributed by atoms with Gasteiger partial charge >= 0.3 is 0 Å². The number of carbonyl (C=O) groups excluding carboxylic acids is 2. The fraction of sp³-hybridized carbons (Fsp3) is 0.421. The summed E-state index contributed by atoms with van der Waals surface area (Å²) in [7, 11) is 1.51. The lowest BCUT2D eigenvalue weighted by atomic mass is 10.1. The lowest BCUT2D eigenvalue weighted by Gasteiger charge is -2.34. The van der Waals surface area contributed by atoms with Crippen LogP contribution >= 0.6 is 11.3 Å². The zero-order valence-corrected chi connectivity index (χ0v) is 15.9. The average molecular weight is 373 g/mol. The summed E-state index contributed by atoms with van der Waals surface area (Å²) in [6.07, 6.45) is 0.734. The molecule has 1 aromatic carbocycles. The molecule has 1 aromatic heterocycles. The van der Waals surface area contributed by atoms with Crippen molar-refractivity contribution in [3.63, 3.8) is 0 Å². The molecule has 2 amide bonds. The molecule has 1 aliphatic heterocycles. The Balaban J connectivity index is 1.57. The number of carbonyl (C=O) groups is 2. The lowest BCUT2D eigenvalue weighted by molar-refractivity contribution is -0.136. The first-order valence-corrected chi connectivity index (χ1v) is 9.50. The Morgan fingerprint density at radius 2 is 1.77 bits per heavy atom. The monoisotopic (exact) mass is 373 g/mol. The molecule has 2 aromatic rings. The van der Waals surface area contributed by atoms with Gasteiger partial charge in [-0.1, -0.05) is 29.8 Å². The minimum Gasteiger partial charge on any atom is -0.375 e. The molecule has 1 fully saturated rings. The van der Waals surface area contributed by atoms with Gasteiger partial charge in [-0.05, 0) is 12.5 Å².